The number of rotatable bonds is 5. The highest BCUT2D eigenvalue weighted by molar-refractivity contribution is 6.30. The summed E-state index contributed by atoms with van der Waals surface area (Å²) in [6, 6.07) is 13.5. The van der Waals surface area contributed by atoms with Crippen LogP contribution in [0.1, 0.15) is 22.3 Å². The molecule has 0 amide bonds. The Balaban J connectivity index is 1.96. The first-order valence-electron chi connectivity index (χ1n) is 6.62. The molecule has 0 atom stereocenters. The molecule has 0 radical (unpaired) electrons. The Morgan fingerprint density at radius 2 is 1.90 bits per heavy atom. The number of benzene rings is 2. The molecule has 0 aliphatic rings. The fourth-order valence-corrected chi connectivity index (χ4v) is 2.18. The molecular formula is C16H18ClN3O. The van der Waals surface area contributed by atoms with Crippen molar-refractivity contribution < 1.29 is 5.21 Å². The summed E-state index contributed by atoms with van der Waals surface area (Å²) < 4.78 is 0. The van der Waals surface area contributed by atoms with Crippen molar-refractivity contribution in [3.8, 4) is 0 Å². The van der Waals surface area contributed by atoms with Crippen molar-refractivity contribution in [3.63, 3.8) is 0 Å². The monoisotopic (exact) mass is 303 g/mol. The highest BCUT2D eigenvalue weighted by Crippen LogP contribution is 2.12. The molecule has 4 nitrogen and oxygen atoms in total. The van der Waals surface area contributed by atoms with Crippen molar-refractivity contribution in [1.82, 2.24) is 5.32 Å². The zero-order valence-corrected chi connectivity index (χ0v) is 12.6. The van der Waals surface area contributed by atoms with Gasteiger partial charge in [0.05, 0.1) is 0 Å². The van der Waals surface area contributed by atoms with E-state index >= 15 is 0 Å². The van der Waals surface area contributed by atoms with Crippen LogP contribution in [0.15, 0.2) is 47.6 Å². The van der Waals surface area contributed by atoms with E-state index in [1.165, 1.54) is 11.1 Å². The molecule has 21 heavy (non-hydrogen) atoms. The van der Waals surface area contributed by atoms with Gasteiger partial charge >= 0.3 is 0 Å². The molecule has 0 bridgehead atoms. The molecule has 0 aromatic heterocycles. The van der Waals surface area contributed by atoms with Crippen LogP contribution in [0.5, 0.6) is 0 Å². The zero-order valence-electron chi connectivity index (χ0n) is 11.8. The number of amidine groups is 1. The molecule has 2 rings (SSSR count). The third kappa shape index (κ3) is 4.21. The smallest absolute Gasteiger partial charge is 0.170 e. The van der Waals surface area contributed by atoms with Crippen molar-refractivity contribution in [2.24, 2.45) is 10.9 Å². The van der Waals surface area contributed by atoms with E-state index < -0.39 is 0 Å². The van der Waals surface area contributed by atoms with Gasteiger partial charge in [-0.3, -0.25) is 0 Å². The van der Waals surface area contributed by atoms with E-state index in [-0.39, 0.29) is 5.84 Å². The van der Waals surface area contributed by atoms with Crippen LogP contribution in [0.25, 0.3) is 0 Å². The molecule has 0 aliphatic heterocycles. The minimum Gasteiger partial charge on any atom is -0.409 e. The van der Waals surface area contributed by atoms with Gasteiger partial charge in [-0.15, -0.1) is 0 Å². The SMILES string of the molecule is Cc1cc(/C(N)=N/O)ccc1CNCc1ccc(Cl)cc1. The quantitative estimate of drug-likeness (QED) is 0.344. The molecule has 0 unspecified atom stereocenters. The van der Waals surface area contributed by atoms with Crippen LogP contribution in [-0.4, -0.2) is 11.0 Å². The molecule has 2 aromatic carbocycles. The first kappa shape index (κ1) is 15.4. The summed E-state index contributed by atoms with van der Waals surface area (Å²) in [6.07, 6.45) is 0. The van der Waals surface area contributed by atoms with Crippen LogP contribution in [0.3, 0.4) is 0 Å². The molecule has 0 saturated heterocycles. The normalized spacial score (nSPS) is 11.6. The summed E-state index contributed by atoms with van der Waals surface area (Å²) in [7, 11) is 0. The lowest BCUT2D eigenvalue weighted by Crippen LogP contribution is -2.16. The van der Waals surface area contributed by atoms with Crippen LogP contribution >= 0.6 is 11.6 Å². The molecular weight excluding hydrogens is 286 g/mol. The first-order chi connectivity index (χ1) is 10.1. The number of nitrogens with one attached hydrogen (secondary N) is 1. The average molecular weight is 304 g/mol. The summed E-state index contributed by atoms with van der Waals surface area (Å²) in [5, 5.41) is 15.8. The van der Waals surface area contributed by atoms with Crippen LogP contribution in [0.4, 0.5) is 0 Å². The van der Waals surface area contributed by atoms with Crippen molar-refractivity contribution in [2.75, 3.05) is 0 Å². The Morgan fingerprint density at radius 1 is 1.19 bits per heavy atom. The van der Waals surface area contributed by atoms with Crippen molar-refractivity contribution in [3.05, 3.63) is 69.7 Å². The first-order valence-corrected chi connectivity index (χ1v) is 7.00. The van der Waals surface area contributed by atoms with Gasteiger partial charge in [0.2, 0.25) is 0 Å². The zero-order chi connectivity index (χ0) is 15.2. The van der Waals surface area contributed by atoms with Crippen molar-refractivity contribution in [1.29, 1.82) is 0 Å². The Kier molecular flexibility index (Phi) is 5.20. The molecule has 0 aliphatic carbocycles. The van der Waals surface area contributed by atoms with E-state index in [4.69, 9.17) is 22.5 Å². The second kappa shape index (κ2) is 7.11. The van der Waals surface area contributed by atoms with Gasteiger partial charge in [0.15, 0.2) is 5.84 Å². The van der Waals surface area contributed by atoms with Gasteiger partial charge in [-0.25, -0.2) is 0 Å². The molecule has 0 saturated carbocycles. The van der Waals surface area contributed by atoms with Crippen molar-refractivity contribution in [2.45, 2.75) is 20.0 Å². The maximum absolute atomic E-state index is 8.68. The highest BCUT2D eigenvalue weighted by atomic mass is 35.5. The lowest BCUT2D eigenvalue weighted by molar-refractivity contribution is 0.318. The Labute approximate surface area is 129 Å². The molecule has 0 heterocycles. The molecule has 5 heteroatoms. The third-order valence-corrected chi connectivity index (χ3v) is 3.56. The van der Waals surface area contributed by atoms with E-state index in [0.29, 0.717) is 0 Å². The molecule has 2 aromatic rings. The molecule has 4 N–H and O–H groups in total. The predicted molar refractivity (Wildman–Crippen MR) is 85.7 cm³/mol. The van der Waals surface area contributed by atoms with E-state index in [1.54, 1.807) is 0 Å². The number of aryl methyl sites for hydroxylation is 1. The standard InChI is InChI=1S/C16H18ClN3O/c1-11-8-13(16(18)20-21)4-5-14(11)10-19-9-12-2-6-15(17)7-3-12/h2-8,19,21H,9-10H2,1H3,(H2,18,20). The lowest BCUT2D eigenvalue weighted by Gasteiger charge is -2.09. The second-order valence-electron chi connectivity index (χ2n) is 4.86. The summed E-state index contributed by atoms with van der Waals surface area (Å²) >= 11 is 5.86. The van der Waals surface area contributed by atoms with Gasteiger partial charge in [0.25, 0.3) is 0 Å². The second-order valence-corrected chi connectivity index (χ2v) is 5.29. The minimum atomic E-state index is 0.124. The lowest BCUT2D eigenvalue weighted by atomic mass is 10.0. The minimum absolute atomic E-state index is 0.124. The Bertz CT molecular complexity index is 638. The van der Waals surface area contributed by atoms with Crippen LogP contribution < -0.4 is 11.1 Å². The number of halogens is 1. The van der Waals surface area contributed by atoms with Gasteiger partial charge in [-0.05, 0) is 41.8 Å². The van der Waals surface area contributed by atoms with Crippen LogP contribution in [0.2, 0.25) is 5.02 Å². The highest BCUT2D eigenvalue weighted by Gasteiger charge is 2.03. The number of hydrogen-bond donors (Lipinski definition) is 3. The maximum Gasteiger partial charge on any atom is 0.170 e. The van der Waals surface area contributed by atoms with E-state index in [1.807, 2.05) is 49.4 Å². The van der Waals surface area contributed by atoms with Gasteiger partial charge in [-0.1, -0.05) is 41.0 Å². The van der Waals surface area contributed by atoms with Gasteiger partial charge < -0.3 is 16.3 Å². The molecule has 0 fully saturated rings. The van der Waals surface area contributed by atoms with E-state index in [9.17, 15) is 0 Å². The third-order valence-electron chi connectivity index (χ3n) is 3.30. The van der Waals surface area contributed by atoms with Crippen molar-refractivity contribution >= 4 is 17.4 Å². The topological polar surface area (TPSA) is 70.6 Å². The fraction of sp³-hybridized carbons (Fsp3) is 0.188. The Morgan fingerprint density at radius 3 is 2.52 bits per heavy atom. The number of nitrogens with zero attached hydrogens (tertiary/aromatic N) is 1. The van der Waals surface area contributed by atoms with E-state index in [2.05, 4.69) is 10.5 Å². The number of nitrogens with two attached hydrogens (primary N) is 1. The summed E-state index contributed by atoms with van der Waals surface area (Å²) in [4.78, 5) is 0. The molecule has 110 valence electrons. The fourth-order valence-electron chi connectivity index (χ4n) is 2.06. The predicted octanol–water partition coefficient (Wildman–Crippen LogP) is 3.03. The largest absolute Gasteiger partial charge is 0.409 e. The van der Waals surface area contributed by atoms with Gasteiger partial charge in [0.1, 0.15) is 0 Å². The van der Waals surface area contributed by atoms with Gasteiger partial charge in [-0.2, -0.15) is 0 Å². The summed E-state index contributed by atoms with van der Waals surface area (Å²) in [6.45, 7) is 3.54. The van der Waals surface area contributed by atoms with Crippen LogP contribution in [-0.2, 0) is 13.1 Å². The number of oxime groups is 1. The Hall–Kier alpha value is -2.04. The van der Waals surface area contributed by atoms with E-state index in [0.717, 1.165) is 29.2 Å². The average Bonchev–Trinajstić information content (AvgIpc) is 2.50. The number of hydrogen-bond acceptors (Lipinski definition) is 3. The van der Waals surface area contributed by atoms with Gasteiger partial charge in [0, 0.05) is 23.7 Å². The van der Waals surface area contributed by atoms with Crippen LogP contribution in [0, 0.1) is 6.92 Å². The molecule has 0 spiro atoms. The summed E-state index contributed by atoms with van der Waals surface area (Å²) in [5.41, 5.74) is 9.76. The maximum atomic E-state index is 8.68. The summed E-state index contributed by atoms with van der Waals surface area (Å²) in [5.74, 6) is 0.124.